The van der Waals surface area contributed by atoms with E-state index in [4.69, 9.17) is 11.5 Å². The van der Waals surface area contributed by atoms with Crippen molar-refractivity contribution in [3.05, 3.63) is 24.3 Å². The Morgan fingerprint density at radius 1 is 0.933 bits per heavy atom. The number of nitrogen functional groups attached to an aromatic ring is 1. The largest absolute Gasteiger partial charge is 0.399 e. The summed E-state index contributed by atoms with van der Waals surface area (Å²) < 4.78 is 0. The van der Waals surface area contributed by atoms with Crippen molar-refractivity contribution < 1.29 is 0 Å². The lowest BCUT2D eigenvalue weighted by molar-refractivity contribution is 0.210. The summed E-state index contributed by atoms with van der Waals surface area (Å²) in [6.07, 6.45) is 16.5. The lowest BCUT2D eigenvalue weighted by atomic mass is 9.75. The van der Waals surface area contributed by atoms with Gasteiger partial charge in [0.1, 0.15) is 0 Å². The van der Waals surface area contributed by atoms with Crippen LogP contribution in [0.15, 0.2) is 24.3 Å². The van der Waals surface area contributed by atoms with Crippen molar-refractivity contribution in [1.82, 2.24) is 0 Å². The summed E-state index contributed by atoms with van der Waals surface area (Å²) in [5, 5.41) is 0. The fraction of sp³-hybridized carbons (Fsp3) is 0.769. The number of hydrogen-bond donors (Lipinski definition) is 2. The summed E-state index contributed by atoms with van der Waals surface area (Å²) >= 11 is 0. The fourth-order valence-electron chi connectivity index (χ4n) is 5.10. The standard InChI is InChI=1S/C26H47N3.BrH/c1-4-5-6-7-8-9-10-11-12-13-14-25(26(2,3)28)22-19-20-29(21-22)24-17-15-23(27)16-18-24;/h15-18,22,25H,4-14,19-21,27-28H2,1-3H3;1H. The van der Waals surface area contributed by atoms with Crippen molar-refractivity contribution in [2.75, 3.05) is 23.7 Å². The molecular weight excluding hydrogens is 434 g/mol. The van der Waals surface area contributed by atoms with E-state index in [9.17, 15) is 0 Å². The van der Waals surface area contributed by atoms with Crippen LogP contribution in [0.2, 0.25) is 0 Å². The Balaban J connectivity index is 0.00000450. The van der Waals surface area contributed by atoms with Crippen molar-refractivity contribution in [2.45, 2.75) is 103 Å². The molecule has 0 aliphatic carbocycles. The van der Waals surface area contributed by atoms with Gasteiger partial charge in [-0.1, -0.05) is 71.1 Å². The van der Waals surface area contributed by atoms with E-state index < -0.39 is 0 Å². The summed E-state index contributed by atoms with van der Waals surface area (Å²) in [4.78, 5) is 2.52. The van der Waals surface area contributed by atoms with E-state index in [1.807, 2.05) is 12.1 Å². The van der Waals surface area contributed by atoms with Crippen LogP contribution in [0.1, 0.15) is 97.8 Å². The molecule has 1 aliphatic heterocycles. The SMILES string of the molecule is Br.CCCCCCCCCCCCC(C1CCN(c2ccc(N)cc2)C1)C(C)(C)N. The Hall–Kier alpha value is -0.740. The number of nitrogens with zero attached hydrogens (tertiary/aromatic N) is 1. The van der Waals surface area contributed by atoms with Gasteiger partial charge in [-0.3, -0.25) is 0 Å². The van der Waals surface area contributed by atoms with Crippen molar-refractivity contribution in [1.29, 1.82) is 0 Å². The zero-order valence-corrected chi connectivity index (χ0v) is 21.6. The van der Waals surface area contributed by atoms with Crippen molar-refractivity contribution in [3.63, 3.8) is 0 Å². The average Bonchev–Trinajstić information content (AvgIpc) is 3.15. The predicted molar refractivity (Wildman–Crippen MR) is 140 cm³/mol. The van der Waals surface area contributed by atoms with E-state index in [2.05, 4.69) is 37.8 Å². The van der Waals surface area contributed by atoms with Gasteiger partial charge >= 0.3 is 0 Å². The van der Waals surface area contributed by atoms with Crippen LogP contribution in [-0.2, 0) is 0 Å². The average molecular weight is 483 g/mol. The van der Waals surface area contributed by atoms with Gasteiger partial charge in [0, 0.05) is 30.0 Å². The molecule has 2 atom stereocenters. The highest BCUT2D eigenvalue weighted by Gasteiger charge is 2.36. The second-order valence-electron chi connectivity index (χ2n) is 9.98. The van der Waals surface area contributed by atoms with Crippen molar-refractivity contribution in [2.24, 2.45) is 17.6 Å². The summed E-state index contributed by atoms with van der Waals surface area (Å²) in [6.45, 7) is 9.03. The highest BCUT2D eigenvalue weighted by Crippen LogP contribution is 2.36. The Labute approximate surface area is 197 Å². The molecule has 30 heavy (non-hydrogen) atoms. The van der Waals surface area contributed by atoms with Gasteiger partial charge in [-0.25, -0.2) is 0 Å². The van der Waals surface area contributed by atoms with Gasteiger partial charge in [0.15, 0.2) is 0 Å². The van der Waals surface area contributed by atoms with E-state index in [1.165, 1.54) is 82.7 Å². The van der Waals surface area contributed by atoms with Gasteiger partial charge < -0.3 is 16.4 Å². The predicted octanol–water partition coefficient (Wildman–Crippen LogP) is 7.34. The van der Waals surface area contributed by atoms with Crippen LogP contribution in [0.25, 0.3) is 0 Å². The Kier molecular flexibility index (Phi) is 13.1. The molecule has 1 aromatic rings. The number of benzene rings is 1. The zero-order chi connectivity index (χ0) is 21.1. The third-order valence-corrected chi connectivity index (χ3v) is 6.88. The molecule has 4 N–H and O–H groups in total. The first-order valence-corrected chi connectivity index (χ1v) is 12.3. The monoisotopic (exact) mass is 481 g/mol. The zero-order valence-electron chi connectivity index (χ0n) is 19.9. The Morgan fingerprint density at radius 2 is 1.47 bits per heavy atom. The molecule has 1 aliphatic rings. The topological polar surface area (TPSA) is 55.3 Å². The minimum absolute atomic E-state index is 0. The minimum Gasteiger partial charge on any atom is -0.399 e. The molecule has 1 heterocycles. The molecule has 1 saturated heterocycles. The molecule has 0 saturated carbocycles. The van der Waals surface area contributed by atoms with Crippen LogP contribution in [0.4, 0.5) is 11.4 Å². The molecule has 0 spiro atoms. The summed E-state index contributed by atoms with van der Waals surface area (Å²) in [7, 11) is 0. The Bertz CT molecular complexity index is 552. The second kappa shape index (κ2) is 14.3. The van der Waals surface area contributed by atoms with E-state index >= 15 is 0 Å². The van der Waals surface area contributed by atoms with Crippen LogP contribution in [0.5, 0.6) is 0 Å². The first-order chi connectivity index (χ1) is 13.9. The van der Waals surface area contributed by atoms with E-state index in [-0.39, 0.29) is 22.5 Å². The third kappa shape index (κ3) is 9.60. The molecule has 1 aromatic carbocycles. The molecule has 2 unspecified atom stereocenters. The lowest BCUT2D eigenvalue weighted by Gasteiger charge is -2.35. The smallest absolute Gasteiger partial charge is 0.0367 e. The normalized spacial score (nSPS) is 17.7. The Morgan fingerprint density at radius 3 is 2.00 bits per heavy atom. The van der Waals surface area contributed by atoms with Crippen LogP contribution in [0, 0.1) is 11.8 Å². The number of unbranched alkanes of at least 4 members (excludes halogenated alkanes) is 9. The number of nitrogens with two attached hydrogens (primary N) is 2. The van der Waals surface area contributed by atoms with Crippen LogP contribution in [0.3, 0.4) is 0 Å². The van der Waals surface area contributed by atoms with Gasteiger partial charge in [-0.05, 0) is 62.8 Å². The molecular formula is C26H48BrN3. The van der Waals surface area contributed by atoms with Gasteiger partial charge in [0.2, 0.25) is 0 Å². The highest BCUT2D eigenvalue weighted by molar-refractivity contribution is 8.93. The second-order valence-corrected chi connectivity index (χ2v) is 9.98. The number of rotatable bonds is 14. The molecule has 0 bridgehead atoms. The van der Waals surface area contributed by atoms with E-state index in [0.29, 0.717) is 11.8 Å². The maximum absolute atomic E-state index is 6.65. The quantitative estimate of drug-likeness (QED) is 0.215. The van der Waals surface area contributed by atoms with Crippen molar-refractivity contribution in [3.8, 4) is 0 Å². The molecule has 1 fully saturated rings. The lowest BCUT2D eigenvalue weighted by Crippen LogP contribution is -2.45. The molecule has 4 heteroatoms. The molecule has 0 radical (unpaired) electrons. The molecule has 0 aromatic heterocycles. The van der Waals surface area contributed by atoms with Crippen LogP contribution >= 0.6 is 17.0 Å². The first kappa shape index (κ1) is 27.3. The minimum atomic E-state index is -0.0962. The summed E-state index contributed by atoms with van der Waals surface area (Å²) in [6, 6.07) is 8.33. The van der Waals surface area contributed by atoms with Gasteiger partial charge in [0.25, 0.3) is 0 Å². The maximum Gasteiger partial charge on any atom is 0.0367 e. The van der Waals surface area contributed by atoms with Crippen molar-refractivity contribution >= 4 is 28.4 Å². The number of hydrogen-bond acceptors (Lipinski definition) is 3. The van der Waals surface area contributed by atoms with E-state index in [1.54, 1.807) is 0 Å². The van der Waals surface area contributed by atoms with Crippen LogP contribution in [-0.4, -0.2) is 18.6 Å². The molecule has 3 nitrogen and oxygen atoms in total. The van der Waals surface area contributed by atoms with E-state index in [0.717, 1.165) is 18.8 Å². The van der Waals surface area contributed by atoms with Gasteiger partial charge in [-0.15, -0.1) is 17.0 Å². The van der Waals surface area contributed by atoms with Crippen LogP contribution < -0.4 is 16.4 Å². The number of halogens is 1. The maximum atomic E-state index is 6.65. The van der Waals surface area contributed by atoms with Gasteiger partial charge in [-0.2, -0.15) is 0 Å². The molecule has 174 valence electrons. The first-order valence-electron chi connectivity index (χ1n) is 12.3. The van der Waals surface area contributed by atoms with Gasteiger partial charge in [0.05, 0.1) is 0 Å². The molecule has 2 rings (SSSR count). The summed E-state index contributed by atoms with van der Waals surface area (Å²) in [5.41, 5.74) is 14.5. The summed E-state index contributed by atoms with van der Waals surface area (Å²) in [5.74, 6) is 1.31. The molecule has 0 amide bonds. The fourth-order valence-corrected chi connectivity index (χ4v) is 5.10. The third-order valence-electron chi connectivity index (χ3n) is 6.88. The number of anilines is 2. The highest BCUT2D eigenvalue weighted by atomic mass is 79.9.